The van der Waals surface area contributed by atoms with Gasteiger partial charge in [0.1, 0.15) is 24.2 Å². The largest absolute Gasteiger partial charge is 0.497 e. The number of nitrogens with zero attached hydrogens (tertiary/aromatic N) is 2. The Bertz CT molecular complexity index is 1080. The summed E-state index contributed by atoms with van der Waals surface area (Å²) in [4.78, 5) is 27.4. The van der Waals surface area contributed by atoms with E-state index in [1.54, 1.807) is 38.3 Å². The number of halogens is 1. The minimum absolute atomic E-state index is 0.0281. The van der Waals surface area contributed by atoms with E-state index in [9.17, 15) is 22.4 Å². The zero-order chi connectivity index (χ0) is 25.3. The van der Waals surface area contributed by atoms with Crippen molar-refractivity contribution < 1.29 is 27.1 Å². The predicted molar refractivity (Wildman–Crippen MR) is 130 cm³/mol. The molecular weight excluding hydrogens is 461 g/mol. The van der Waals surface area contributed by atoms with Crippen molar-refractivity contribution in [2.24, 2.45) is 0 Å². The lowest BCUT2D eigenvalue weighted by Crippen LogP contribution is -2.51. The van der Waals surface area contributed by atoms with E-state index in [0.717, 1.165) is 35.0 Å². The van der Waals surface area contributed by atoms with Gasteiger partial charge in [0.25, 0.3) is 0 Å². The quantitative estimate of drug-likeness (QED) is 0.459. The van der Waals surface area contributed by atoms with Crippen LogP contribution in [0.25, 0.3) is 0 Å². The number of nitrogens with one attached hydrogen (secondary N) is 1. The van der Waals surface area contributed by atoms with Crippen molar-refractivity contribution in [3.63, 3.8) is 0 Å². The predicted octanol–water partition coefficient (Wildman–Crippen LogP) is 2.93. The zero-order valence-electron chi connectivity index (χ0n) is 20.0. The van der Waals surface area contributed by atoms with Gasteiger partial charge in [-0.2, -0.15) is 0 Å². The summed E-state index contributed by atoms with van der Waals surface area (Å²) < 4.78 is 44.7. The number of sulfonamides is 1. The fourth-order valence-electron chi connectivity index (χ4n) is 3.29. The average molecular weight is 494 g/mol. The molecule has 2 amide bonds. The van der Waals surface area contributed by atoms with Crippen LogP contribution in [-0.2, 0) is 26.2 Å². The molecule has 0 aliphatic carbocycles. The van der Waals surface area contributed by atoms with E-state index in [0.29, 0.717) is 12.3 Å². The molecule has 0 saturated heterocycles. The molecule has 0 fully saturated rings. The van der Waals surface area contributed by atoms with Crippen LogP contribution in [0, 0.1) is 5.82 Å². The van der Waals surface area contributed by atoms with Gasteiger partial charge in [0.15, 0.2) is 0 Å². The second kappa shape index (κ2) is 12.4. The second-order valence-electron chi connectivity index (χ2n) is 7.94. The Morgan fingerprint density at radius 1 is 1.15 bits per heavy atom. The van der Waals surface area contributed by atoms with Crippen LogP contribution in [-0.4, -0.2) is 57.6 Å². The smallest absolute Gasteiger partial charge is 0.244 e. The third-order valence-electron chi connectivity index (χ3n) is 5.28. The Hall–Kier alpha value is -3.14. The topological polar surface area (TPSA) is 96.0 Å². The normalized spacial score (nSPS) is 12.0. The summed E-state index contributed by atoms with van der Waals surface area (Å²) in [5, 5.41) is 2.81. The summed E-state index contributed by atoms with van der Waals surface area (Å²) in [5.41, 5.74) is 0.763. The highest BCUT2D eigenvalue weighted by atomic mass is 32.2. The number of carbonyl (C=O) groups excluding carboxylic acids is 2. The minimum atomic E-state index is -3.91. The summed E-state index contributed by atoms with van der Waals surface area (Å²) in [6.07, 6.45) is 2.65. The highest BCUT2D eigenvalue weighted by Crippen LogP contribution is 2.20. The van der Waals surface area contributed by atoms with Gasteiger partial charge < -0.3 is 15.0 Å². The molecule has 0 spiro atoms. The van der Waals surface area contributed by atoms with Crippen molar-refractivity contribution in [1.29, 1.82) is 0 Å². The lowest BCUT2D eigenvalue weighted by atomic mass is 10.1. The van der Waals surface area contributed by atoms with Gasteiger partial charge >= 0.3 is 0 Å². The van der Waals surface area contributed by atoms with Gasteiger partial charge in [0.2, 0.25) is 21.8 Å². The van der Waals surface area contributed by atoms with Gasteiger partial charge in [0, 0.05) is 13.1 Å². The molecule has 8 nitrogen and oxygen atoms in total. The molecule has 34 heavy (non-hydrogen) atoms. The molecule has 1 N–H and O–H groups in total. The van der Waals surface area contributed by atoms with Crippen LogP contribution >= 0.6 is 0 Å². The molecule has 0 aliphatic heterocycles. The van der Waals surface area contributed by atoms with Crippen molar-refractivity contribution in [3.8, 4) is 5.75 Å². The number of hydrogen-bond acceptors (Lipinski definition) is 5. The summed E-state index contributed by atoms with van der Waals surface area (Å²) in [6.45, 7) is 3.57. The molecule has 0 bridgehead atoms. The molecule has 0 radical (unpaired) electrons. The number of ether oxygens (including phenoxy) is 1. The summed E-state index contributed by atoms with van der Waals surface area (Å²) in [7, 11) is -2.37. The maximum atomic E-state index is 13.8. The Balaban J connectivity index is 2.34. The number of methoxy groups -OCH3 is 1. The van der Waals surface area contributed by atoms with Crippen LogP contribution < -0.4 is 14.4 Å². The van der Waals surface area contributed by atoms with Gasteiger partial charge in [-0.3, -0.25) is 13.9 Å². The zero-order valence-corrected chi connectivity index (χ0v) is 20.8. The highest BCUT2D eigenvalue weighted by Gasteiger charge is 2.30. The number of anilines is 1. The van der Waals surface area contributed by atoms with Crippen molar-refractivity contribution in [1.82, 2.24) is 10.2 Å². The molecule has 2 aromatic carbocycles. The molecule has 0 heterocycles. The molecule has 0 aromatic heterocycles. The monoisotopic (exact) mass is 493 g/mol. The van der Waals surface area contributed by atoms with Crippen molar-refractivity contribution in [3.05, 3.63) is 59.9 Å². The first-order valence-corrected chi connectivity index (χ1v) is 12.8. The Kier molecular flexibility index (Phi) is 9.85. The third kappa shape index (κ3) is 7.72. The Labute approximate surface area is 200 Å². The molecule has 0 aliphatic rings. The van der Waals surface area contributed by atoms with E-state index in [2.05, 4.69) is 5.32 Å². The van der Waals surface area contributed by atoms with E-state index in [1.165, 1.54) is 23.1 Å². The van der Waals surface area contributed by atoms with E-state index in [4.69, 9.17) is 4.74 Å². The summed E-state index contributed by atoms with van der Waals surface area (Å²) in [5.74, 6) is -0.922. The fourth-order valence-corrected chi connectivity index (χ4v) is 4.13. The van der Waals surface area contributed by atoms with Crippen molar-refractivity contribution in [2.75, 3.05) is 30.8 Å². The molecule has 2 aromatic rings. The van der Waals surface area contributed by atoms with Crippen LogP contribution in [0.1, 0.15) is 32.3 Å². The number of hydrogen-bond donors (Lipinski definition) is 1. The molecule has 2 rings (SSSR count). The van der Waals surface area contributed by atoms with E-state index in [1.807, 2.05) is 6.92 Å². The van der Waals surface area contributed by atoms with Crippen LogP contribution in [0.15, 0.2) is 48.5 Å². The lowest BCUT2D eigenvalue weighted by molar-refractivity contribution is -0.139. The van der Waals surface area contributed by atoms with E-state index >= 15 is 0 Å². The summed E-state index contributed by atoms with van der Waals surface area (Å²) in [6, 6.07) is 11.1. The first-order valence-electron chi connectivity index (χ1n) is 11.0. The summed E-state index contributed by atoms with van der Waals surface area (Å²) >= 11 is 0. The molecule has 1 atom stereocenters. The van der Waals surface area contributed by atoms with Gasteiger partial charge in [0.05, 0.1) is 19.1 Å². The van der Waals surface area contributed by atoms with Crippen molar-refractivity contribution >= 4 is 27.5 Å². The molecule has 0 saturated carbocycles. The highest BCUT2D eigenvalue weighted by molar-refractivity contribution is 7.92. The fraction of sp³-hybridized carbons (Fsp3) is 0.417. The first kappa shape index (κ1) is 27.1. The van der Waals surface area contributed by atoms with Crippen molar-refractivity contribution in [2.45, 2.75) is 39.3 Å². The number of amides is 2. The van der Waals surface area contributed by atoms with Gasteiger partial charge in [-0.25, -0.2) is 12.8 Å². The van der Waals surface area contributed by atoms with Gasteiger partial charge in [-0.1, -0.05) is 31.5 Å². The van der Waals surface area contributed by atoms with E-state index in [-0.39, 0.29) is 18.1 Å². The van der Waals surface area contributed by atoms with E-state index < -0.39 is 34.3 Å². The van der Waals surface area contributed by atoms with Crippen LogP contribution in [0.5, 0.6) is 5.75 Å². The molecule has 10 heteroatoms. The molecule has 0 unspecified atom stereocenters. The maximum Gasteiger partial charge on any atom is 0.244 e. The molecular formula is C24H32FN3O5S. The Morgan fingerprint density at radius 2 is 1.82 bits per heavy atom. The number of carbonyl (C=O) groups is 2. The first-order chi connectivity index (χ1) is 16.1. The number of benzene rings is 2. The van der Waals surface area contributed by atoms with Gasteiger partial charge in [-0.05, 0) is 49.2 Å². The lowest BCUT2D eigenvalue weighted by Gasteiger charge is -2.31. The van der Waals surface area contributed by atoms with Crippen LogP contribution in [0.4, 0.5) is 10.1 Å². The average Bonchev–Trinajstić information content (AvgIpc) is 2.80. The third-order valence-corrected chi connectivity index (χ3v) is 6.42. The second-order valence-corrected chi connectivity index (χ2v) is 9.85. The number of unbranched alkanes of at least 4 members (excludes halogenated alkanes) is 1. The van der Waals surface area contributed by atoms with Crippen LogP contribution in [0.3, 0.4) is 0 Å². The van der Waals surface area contributed by atoms with Gasteiger partial charge in [-0.15, -0.1) is 0 Å². The SMILES string of the molecule is CCCCNC(=O)[C@@H](C)N(Cc1ccc(OC)cc1)C(=O)CN(c1cccc(F)c1)S(C)(=O)=O. The standard InChI is InChI=1S/C24H32FN3O5S/c1-5-6-14-26-24(30)18(2)27(16-19-10-12-22(33-3)13-11-19)23(29)17-28(34(4,31)32)21-9-7-8-20(25)15-21/h7-13,15,18H,5-6,14,16-17H2,1-4H3,(H,26,30)/t18-/m1/s1. The maximum absolute atomic E-state index is 13.8. The molecule has 186 valence electrons. The Morgan fingerprint density at radius 3 is 2.38 bits per heavy atom. The number of rotatable bonds is 12. The minimum Gasteiger partial charge on any atom is -0.497 e. The van der Waals surface area contributed by atoms with Crippen LogP contribution in [0.2, 0.25) is 0 Å².